The number of nitrogens with zero attached hydrogens (tertiary/aromatic N) is 2. The summed E-state index contributed by atoms with van der Waals surface area (Å²) in [6.07, 6.45) is 0.486. The first kappa shape index (κ1) is 24.1. The van der Waals surface area contributed by atoms with Crippen molar-refractivity contribution in [2.45, 2.75) is 25.5 Å². The predicted octanol–water partition coefficient (Wildman–Crippen LogP) is 5.38. The number of aryl methyl sites for hydroxylation is 2. The molecule has 1 unspecified atom stereocenters. The normalized spacial score (nSPS) is 16.6. The summed E-state index contributed by atoms with van der Waals surface area (Å²) in [6, 6.07) is 24.4. The van der Waals surface area contributed by atoms with Gasteiger partial charge >= 0.3 is 0 Å². The van der Waals surface area contributed by atoms with Gasteiger partial charge in [-0.1, -0.05) is 59.8 Å². The van der Waals surface area contributed by atoms with Gasteiger partial charge in [0.05, 0.1) is 12.4 Å². The fourth-order valence-electron chi connectivity index (χ4n) is 3.90. The summed E-state index contributed by atoms with van der Waals surface area (Å²) in [5.41, 5.74) is 4.09. The SMILES string of the molecule is COc1ccc(N2C(=O)C(Cc3cccc(C)c3)S/C2=C(/C#N)C(=O)Nc2ccccc2C)cc1. The van der Waals surface area contributed by atoms with E-state index in [1.165, 1.54) is 16.7 Å². The molecule has 3 aromatic rings. The third-order valence-electron chi connectivity index (χ3n) is 5.73. The van der Waals surface area contributed by atoms with Crippen LogP contribution in [0, 0.1) is 25.2 Å². The van der Waals surface area contributed by atoms with Crippen molar-refractivity contribution in [3.63, 3.8) is 0 Å². The Balaban J connectivity index is 1.74. The highest BCUT2D eigenvalue weighted by Gasteiger charge is 2.40. The molecule has 1 atom stereocenters. The second-order valence-electron chi connectivity index (χ2n) is 8.23. The molecule has 3 aromatic carbocycles. The quantitative estimate of drug-likeness (QED) is 0.376. The van der Waals surface area contributed by atoms with Crippen molar-refractivity contribution in [2.24, 2.45) is 0 Å². The zero-order valence-corrected chi connectivity index (χ0v) is 20.6. The van der Waals surface area contributed by atoms with Crippen LogP contribution in [0.4, 0.5) is 11.4 Å². The van der Waals surface area contributed by atoms with E-state index in [4.69, 9.17) is 4.74 Å². The monoisotopic (exact) mass is 483 g/mol. The average Bonchev–Trinajstić information content (AvgIpc) is 3.16. The van der Waals surface area contributed by atoms with Gasteiger partial charge in [-0.3, -0.25) is 14.5 Å². The molecule has 0 aliphatic carbocycles. The van der Waals surface area contributed by atoms with Crippen LogP contribution in [0.1, 0.15) is 16.7 Å². The number of thioether (sulfide) groups is 1. The minimum atomic E-state index is -0.549. The maximum atomic E-state index is 13.6. The number of carbonyl (C=O) groups is 2. The highest BCUT2D eigenvalue weighted by atomic mass is 32.2. The molecule has 1 saturated heterocycles. The van der Waals surface area contributed by atoms with Gasteiger partial charge in [0.1, 0.15) is 22.4 Å². The molecule has 176 valence electrons. The number of nitrogens with one attached hydrogen (secondary N) is 1. The second kappa shape index (κ2) is 10.5. The third-order valence-corrected chi connectivity index (χ3v) is 7.00. The molecular weight excluding hydrogens is 458 g/mol. The Morgan fingerprint density at radius 1 is 1.09 bits per heavy atom. The Bertz CT molecular complexity index is 1340. The molecule has 0 saturated carbocycles. The predicted molar refractivity (Wildman–Crippen MR) is 139 cm³/mol. The van der Waals surface area contributed by atoms with E-state index in [2.05, 4.69) is 5.32 Å². The van der Waals surface area contributed by atoms with Gasteiger partial charge in [0.25, 0.3) is 5.91 Å². The first-order valence-electron chi connectivity index (χ1n) is 11.1. The molecule has 2 amide bonds. The lowest BCUT2D eigenvalue weighted by atomic mass is 10.1. The van der Waals surface area contributed by atoms with E-state index in [0.717, 1.165) is 16.7 Å². The Morgan fingerprint density at radius 3 is 2.49 bits per heavy atom. The zero-order valence-electron chi connectivity index (χ0n) is 19.7. The van der Waals surface area contributed by atoms with E-state index in [1.54, 1.807) is 37.4 Å². The van der Waals surface area contributed by atoms with Crippen molar-refractivity contribution in [1.82, 2.24) is 0 Å². The van der Waals surface area contributed by atoms with Crippen molar-refractivity contribution < 1.29 is 14.3 Å². The molecule has 35 heavy (non-hydrogen) atoms. The Morgan fingerprint density at radius 2 is 1.83 bits per heavy atom. The van der Waals surface area contributed by atoms with Crippen LogP contribution in [-0.2, 0) is 16.0 Å². The largest absolute Gasteiger partial charge is 0.497 e. The lowest BCUT2D eigenvalue weighted by Crippen LogP contribution is -2.31. The maximum absolute atomic E-state index is 13.6. The molecule has 1 heterocycles. The smallest absolute Gasteiger partial charge is 0.269 e. The van der Waals surface area contributed by atoms with Gasteiger partial charge in [0.2, 0.25) is 5.91 Å². The second-order valence-corrected chi connectivity index (χ2v) is 9.42. The fraction of sp³-hybridized carbons (Fsp3) is 0.179. The highest BCUT2D eigenvalue weighted by Crippen LogP contribution is 2.42. The average molecular weight is 484 g/mol. The molecule has 4 rings (SSSR count). The summed E-state index contributed by atoms with van der Waals surface area (Å²) < 4.78 is 5.24. The number of ether oxygens (including phenoxy) is 1. The first-order chi connectivity index (χ1) is 16.9. The molecular formula is C28H25N3O3S. The van der Waals surface area contributed by atoms with E-state index in [-0.39, 0.29) is 11.5 Å². The summed E-state index contributed by atoms with van der Waals surface area (Å²) in [4.78, 5) is 28.3. The van der Waals surface area contributed by atoms with Crippen LogP contribution in [0.5, 0.6) is 5.75 Å². The van der Waals surface area contributed by atoms with Crippen LogP contribution in [0.2, 0.25) is 0 Å². The van der Waals surface area contributed by atoms with E-state index in [1.807, 2.05) is 62.4 Å². The summed E-state index contributed by atoms with van der Waals surface area (Å²) in [6.45, 7) is 3.88. The topological polar surface area (TPSA) is 82.4 Å². The summed E-state index contributed by atoms with van der Waals surface area (Å²) in [5.74, 6) is -0.0763. The number of carbonyl (C=O) groups excluding carboxylic acids is 2. The summed E-state index contributed by atoms with van der Waals surface area (Å²) >= 11 is 1.25. The minimum Gasteiger partial charge on any atom is -0.497 e. The van der Waals surface area contributed by atoms with Gasteiger partial charge < -0.3 is 10.1 Å². The van der Waals surface area contributed by atoms with E-state index in [0.29, 0.717) is 28.6 Å². The lowest BCUT2D eigenvalue weighted by molar-refractivity contribution is -0.117. The molecule has 0 bridgehead atoms. The number of benzene rings is 3. The number of methoxy groups -OCH3 is 1. The zero-order chi connectivity index (χ0) is 24.9. The number of hydrogen-bond donors (Lipinski definition) is 1. The van der Waals surface area contributed by atoms with Crippen molar-refractivity contribution >= 4 is 35.0 Å². The molecule has 0 radical (unpaired) electrons. The lowest BCUT2D eigenvalue weighted by Gasteiger charge is -2.19. The molecule has 0 aromatic heterocycles. The van der Waals surface area contributed by atoms with E-state index >= 15 is 0 Å². The van der Waals surface area contributed by atoms with Crippen LogP contribution in [0.3, 0.4) is 0 Å². The third kappa shape index (κ3) is 5.23. The molecule has 1 fully saturated rings. The van der Waals surface area contributed by atoms with Gasteiger partial charge in [-0.15, -0.1) is 0 Å². The van der Waals surface area contributed by atoms with E-state index in [9.17, 15) is 14.9 Å². The molecule has 1 aliphatic rings. The highest BCUT2D eigenvalue weighted by molar-refractivity contribution is 8.05. The number of para-hydroxylation sites is 1. The Labute approximate surface area is 209 Å². The standard InChI is InChI=1S/C28H25N3O3S/c1-18-7-6-9-20(15-18)16-25-27(33)31(21-11-13-22(34-3)14-12-21)28(35-25)23(17-29)26(32)30-24-10-5-4-8-19(24)2/h4-15,25H,16H2,1-3H3,(H,30,32)/b28-23-. The number of hydrogen-bond acceptors (Lipinski definition) is 5. The van der Waals surface area contributed by atoms with Crippen LogP contribution in [-0.4, -0.2) is 24.2 Å². The van der Waals surface area contributed by atoms with Crippen molar-refractivity contribution in [2.75, 3.05) is 17.3 Å². The molecule has 7 heteroatoms. The van der Waals surface area contributed by atoms with Crippen LogP contribution in [0.15, 0.2) is 83.4 Å². The number of rotatable bonds is 6. The van der Waals surface area contributed by atoms with Gasteiger partial charge in [-0.25, -0.2) is 0 Å². The van der Waals surface area contributed by atoms with Gasteiger partial charge in [-0.2, -0.15) is 5.26 Å². The van der Waals surface area contributed by atoms with E-state index < -0.39 is 11.2 Å². The van der Waals surface area contributed by atoms with Crippen LogP contribution in [0.25, 0.3) is 0 Å². The Kier molecular flexibility index (Phi) is 7.23. The van der Waals surface area contributed by atoms with Crippen molar-refractivity contribution in [3.8, 4) is 11.8 Å². The fourth-order valence-corrected chi connectivity index (χ4v) is 5.21. The Hall–Kier alpha value is -4.02. The first-order valence-corrected chi connectivity index (χ1v) is 12.0. The molecule has 6 nitrogen and oxygen atoms in total. The van der Waals surface area contributed by atoms with Crippen LogP contribution >= 0.6 is 11.8 Å². The summed E-state index contributed by atoms with van der Waals surface area (Å²) in [7, 11) is 1.57. The van der Waals surface area contributed by atoms with Gasteiger partial charge in [0.15, 0.2) is 0 Å². The number of amides is 2. The molecule has 0 spiro atoms. The summed E-state index contributed by atoms with van der Waals surface area (Å²) in [5, 5.41) is 12.7. The number of nitriles is 1. The van der Waals surface area contributed by atoms with Crippen molar-refractivity contribution in [3.05, 3.63) is 100 Å². The molecule has 1 aliphatic heterocycles. The minimum absolute atomic E-state index is 0.103. The number of anilines is 2. The van der Waals surface area contributed by atoms with Crippen molar-refractivity contribution in [1.29, 1.82) is 5.26 Å². The van der Waals surface area contributed by atoms with Gasteiger partial charge in [0, 0.05) is 11.4 Å². The van der Waals surface area contributed by atoms with Gasteiger partial charge in [-0.05, 0) is 61.7 Å². The molecule has 1 N–H and O–H groups in total. The van der Waals surface area contributed by atoms with Crippen LogP contribution < -0.4 is 15.0 Å². The maximum Gasteiger partial charge on any atom is 0.269 e.